The van der Waals surface area contributed by atoms with Crippen molar-refractivity contribution in [1.82, 2.24) is 15.1 Å². The molecule has 0 saturated carbocycles. The molecular weight excluding hydrogens is 451 g/mol. The fraction of sp³-hybridized carbons (Fsp3) is 0.385. The number of hydrogen-bond donors (Lipinski definition) is 2. The van der Waals surface area contributed by atoms with Crippen molar-refractivity contribution in [2.24, 2.45) is 5.73 Å². The molecule has 1 unspecified atom stereocenters. The number of amides is 4. The number of rotatable bonds is 5. The molecule has 2 fully saturated rings. The van der Waals surface area contributed by atoms with Crippen molar-refractivity contribution in [3.63, 3.8) is 0 Å². The van der Waals surface area contributed by atoms with E-state index in [0.717, 1.165) is 37.1 Å². The summed E-state index contributed by atoms with van der Waals surface area (Å²) >= 11 is 0. The monoisotopic (exact) mass is 478 g/mol. The van der Waals surface area contributed by atoms with Crippen molar-refractivity contribution in [3.8, 4) is 0 Å². The molecular formula is C26H27FN4O4. The normalized spacial score (nSPS) is 21.2. The Morgan fingerprint density at radius 3 is 2.57 bits per heavy atom. The van der Waals surface area contributed by atoms with Gasteiger partial charge in [-0.3, -0.25) is 29.4 Å². The first-order chi connectivity index (χ1) is 16.8. The van der Waals surface area contributed by atoms with Crippen LogP contribution in [-0.2, 0) is 22.7 Å². The van der Waals surface area contributed by atoms with Gasteiger partial charge in [-0.25, -0.2) is 4.39 Å². The molecule has 0 radical (unpaired) electrons. The maximum atomic E-state index is 15.1. The van der Waals surface area contributed by atoms with Gasteiger partial charge >= 0.3 is 0 Å². The molecule has 2 aromatic carbocycles. The fourth-order valence-corrected chi connectivity index (χ4v) is 5.40. The van der Waals surface area contributed by atoms with E-state index in [9.17, 15) is 19.2 Å². The van der Waals surface area contributed by atoms with E-state index in [1.165, 1.54) is 11.0 Å². The number of likely N-dealkylation sites (tertiary alicyclic amines) is 1. The number of benzene rings is 2. The maximum absolute atomic E-state index is 15.1. The number of nitrogens with one attached hydrogen (secondary N) is 1. The number of nitrogens with zero attached hydrogens (tertiary/aromatic N) is 2. The number of primary amides is 1. The first-order valence-corrected chi connectivity index (χ1v) is 11.9. The van der Waals surface area contributed by atoms with E-state index < -0.39 is 23.7 Å². The lowest BCUT2D eigenvalue weighted by atomic mass is 9.87. The Balaban J connectivity index is 1.25. The lowest BCUT2D eigenvalue weighted by Gasteiger charge is -2.32. The molecule has 8 nitrogen and oxygen atoms in total. The molecule has 3 N–H and O–H groups in total. The minimum atomic E-state index is -0.713. The number of fused-ring (bicyclic) bond motifs is 1. The summed E-state index contributed by atoms with van der Waals surface area (Å²) < 4.78 is 15.1. The van der Waals surface area contributed by atoms with Crippen LogP contribution in [0.25, 0.3) is 0 Å². The number of imide groups is 1. The minimum absolute atomic E-state index is 0.0354. The van der Waals surface area contributed by atoms with E-state index in [4.69, 9.17) is 5.73 Å². The smallest absolute Gasteiger partial charge is 0.255 e. The van der Waals surface area contributed by atoms with Gasteiger partial charge in [0.25, 0.3) is 5.91 Å². The molecule has 0 aliphatic carbocycles. The number of nitrogens with two attached hydrogens (primary N) is 1. The van der Waals surface area contributed by atoms with Gasteiger partial charge in [0.05, 0.1) is 0 Å². The second kappa shape index (κ2) is 9.22. The Hall–Kier alpha value is -3.59. The van der Waals surface area contributed by atoms with E-state index in [2.05, 4.69) is 10.2 Å². The van der Waals surface area contributed by atoms with Crippen molar-refractivity contribution >= 4 is 23.6 Å². The second-order valence-electron chi connectivity index (χ2n) is 9.55. The molecule has 5 rings (SSSR count). The third-order valence-electron chi connectivity index (χ3n) is 7.29. The Bertz CT molecular complexity index is 1220. The van der Waals surface area contributed by atoms with E-state index in [1.54, 1.807) is 18.2 Å². The zero-order chi connectivity index (χ0) is 24.7. The number of carbonyl (C=O) groups is 4. The standard InChI is InChI=1S/C26H27FN4O4/c27-21-12-20-18(14-31(26(20)35)22-4-5-23(32)29-25(22)34)11-19(21)16-6-8-30(9-7-16)13-15-2-1-3-17(10-15)24(28)33/h1-3,10-12,16,22H,4-9,13-14H2,(H2,28,33)(H,29,32,34). The summed E-state index contributed by atoms with van der Waals surface area (Å²) in [4.78, 5) is 51.8. The Kier molecular flexibility index (Phi) is 6.10. The quantitative estimate of drug-likeness (QED) is 0.639. The van der Waals surface area contributed by atoms with Crippen molar-refractivity contribution in [1.29, 1.82) is 0 Å². The molecule has 35 heavy (non-hydrogen) atoms. The molecule has 0 spiro atoms. The van der Waals surface area contributed by atoms with Gasteiger partial charge in [0.1, 0.15) is 11.9 Å². The Labute approximate surface area is 202 Å². The van der Waals surface area contributed by atoms with Crippen LogP contribution >= 0.6 is 0 Å². The zero-order valence-corrected chi connectivity index (χ0v) is 19.3. The summed E-state index contributed by atoms with van der Waals surface area (Å²) in [6.07, 6.45) is 2.01. The SMILES string of the molecule is NC(=O)c1cccc(CN2CCC(c3cc4c(cc3F)C(=O)N(C3CCC(=O)NC3=O)C4)CC2)c1. The predicted octanol–water partition coefficient (Wildman–Crippen LogP) is 2.07. The number of carbonyl (C=O) groups excluding carboxylic acids is 4. The summed E-state index contributed by atoms with van der Waals surface area (Å²) in [5.74, 6) is -1.99. The molecule has 4 amide bonds. The van der Waals surface area contributed by atoms with Crippen LogP contribution in [0.5, 0.6) is 0 Å². The van der Waals surface area contributed by atoms with Crippen LogP contribution in [0.3, 0.4) is 0 Å². The first-order valence-electron chi connectivity index (χ1n) is 11.9. The van der Waals surface area contributed by atoms with Crippen LogP contribution in [0, 0.1) is 5.82 Å². The third-order valence-corrected chi connectivity index (χ3v) is 7.29. The number of piperidine rings is 2. The molecule has 9 heteroatoms. The van der Waals surface area contributed by atoms with Gasteiger partial charge in [0.15, 0.2) is 0 Å². The minimum Gasteiger partial charge on any atom is -0.366 e. The van der Waals surface area contributed by atoms with Crippen molar-refractivity contribution in [2.45, 2.75) is 50.7 Å². The Morgan fingerprint density at radius 1 is 1.09 bits per heavy atom. The van der Waals surface area contributed by atoms with Crippen LogP contribution in [0.4, 0.5) is 4.39 Å². The molecule has 2 saturated heterocycles. The van der Waals surface area contributed by atoms with E-state index in [-0.39, 0.29) is 37.1 Å². The predicted molar refractivity (Wildman–Crippen MR) is 125 cm³/mol. The Morgan fingerprint density at radius 2 is 1.86 bits per heavy atom. The van der Waals surface area contributed by atoms with E-state index in [0.29, 0.717) is 23.2 Å². The van der Waals surface area contributed by atoms with E-state index >= 15 is 4.39 Å². The average Bonchev–Trinajstić information content (AvgIpc) is 3.14. The summed E-state index contributed by atoms with van der Waals surface area (Å²) in [5.41, 5.74) is 8.50. The second-order valence-corrected chi connectivity index (χ2v) is 9.55. The highest BCUT2D eigenvalue weighted by Gasteiger charge is 2.40. The van der Waals surface area contributed by atoms with Gasteiger partial charge in [0.2, 0.25) is 17.7 Å². The number of hydrogen-bond acceptors (Lipinski definition) is 5. The highest BCUT2D eigenvalue weighted by molar-refractivity contribution is 6.05. The van der Waals surface area contributed by atoms with Crippen LogP contribution in [0.15, 0.2) is 36.4 Å². The van der Waals surface area contributed by atoms with Crippen molar-refractivity contribution < 1.29 is 23.6 Å². The zero-order valence-electron chi connectivity index (χ0n) is 19.3. The molecule has 1 atom stereocenters. The molecule has 3 aliphatic rings. The van der Waals surface area contributed by atoms with Crippen molar-refractivity contribution in [2.75, 3.05) is 13.1 Å². The average molecular weight is 479 g/mol. The first kappa shape index (κ1) is 23.2. The van der Waals surface area contributed by atoms with Gasteiger partial charge < -0.3 is 10.6 Å². The molecule has 0 bridgehead atoms. The number of halogens is 1. The molecule has 3 heterocycles. The molecule has 2 aromatic rings. The maximum Gasteiger partial charge on any atom is 0.255 e. The van der Waals surface area contributed by atoms with Crippen LogP contribution < -0.4 is 11.1 Å². The topological polar surface area (TPSA) is 113 Å². The molecule has 0 aromatic heterocycles. The molecule has 3 aliphatic heterocycles. The van der Waals surface area contributed by atoms with E-state index in [1.807, 2.05) is 12.1 Å². The van der Waals surface area contributed by atoms with Gasteiger partial charge in [-0.05, 0) is 73.2 Å². The lowest BCUT2D eigenvalue weighted by Crippen LogP contribution is -2.52. The van der Waals surface area contributed by atoms with Gasteiger partial charge in [-0.15, -0.1) is 0 Å². The van der Waals surface area contributed by atoms with Crippen LogP contribution in [-0.4, -0.2) is 52.6 Å². The fourth-order valence-electron chi connectivity index (χ4n) is 5.40. The van der Waals surface area contributed by atoms with Gasteiger partial charge in [-0.2, -0.15) is 0 Å². The largest absolute Gasteiger partial charge is 0.366 e. The summed E-state index contributed by atoms with van der Waals surface area (Å²) in [7, 11) is 0. The summed E-state index contributed by atoms with van der Waals surface area (Å²) in [6.45, 7) is 2.49. The summed E-state index contributed by atoms with van der Waals surface area (Å²) in [5, 5.41) is 2.28. The third kappa shape index (κ3) is 4.55. The van der Waals surface area contributed by atoms with Crippen molar-refractivity contribution in [3.05, 3.63) is 70.0 Å². The van der Waals surface area contributed by atoms with Gasteiger partial charge in [-0.1, -0.05) is 18.2 Å². The van der Waals surface area contributed by atoms with Crippen LogP contribution in [0.1, 0.15) is 69.0 Å². The molecule has 182 valence electrons. The highest BCUT2D eigenvalue weighted by Crippen LogP contribution is 2.35. The summed E-state index contributed by atoms with van der Waals surface area (Å²) in [6, 6.07) is 9.66. The highest BCUT2D eigenvalue weighted by atomic mass is 19.1. The van der Waals surface area contributed by atoms with Crippen LogP contribution in [0.2, 0.25) is 0 Å². The van der Waals surface area contributed by atoms with Gasteiger partial charge in [0, 0.05) is 30.6 Å². The lowest BCUT2D eigenvalue weighted by molar-refractivity contribution is -0.136.